The molecule has 68 valence electrons. The van der Waals surface area contributed by atoms with E-state index >= 15 is 0 Å². The SMILES string of the molecule is C=CC1=C(C=C)NCN1.CCC. The second kappa shape index (κ2) is 6.53. The highest BCUT2D eigenvalue weighted by Crippen LogP contribution is 2.03. The summed E-state index contributed by atoms with van der Waals surface area (Å²) in [6, 6.07) is 0. The molecule has 0 bridgehead atoms. The maximum atomic E-state index is 3.63. The Morgan fingerprint density at radius 2 is 1.50 bits per heavy atom. The first-order valence-electron chi connectivity index (χ1n) is 4.27. The smallest absolute Gasteiger partial charge is 0.0850 e. The van der Waals surface area contributed by atoms with Gasteiger partial charge in [0, 0.05) is 0 Å². The lowest BCUT2D eigenvalue weighted by Crippen LogP contribution is -2.14. The molecule has 0 fully saturated rings. The average molecular weight is 166 g/mol. The van der Waals surface area contributed by atoms with Gasteiger partial charge in [-0.1, -0.05) is 33.4 Å². The van der Waals surface area contributed by atoms with Crippen LogP contribution >= 0.6 is 0 Å². The fourth-order valence-electron chi connectivity index (χ4n) is 0.789. The monoisotopic (exact) mass is 166 g/mol. The standard InChI is InChI=1S/C7H10N2.C3H8/c1-3-6-7(4-2)9-5-8-6;1-3-2/h3-4,8-9H,1-2,5H2;3H2,1-2H3. The van der Waals surface area contributed by atoms with E-state index in [-0.39, 0.29) is 0 Å². The third-order valence-corrected chi connectivity index (χ3v) is 1.26. The summed E-state index contributed by atoms with van der Waals surface area (Å²) in [5.41, 5.74) is 2.06. The van der Waals surface area contributed by atoms with Crippen LogP contribution in [0.4, 0.5) is 0 Å². The van der Waals surface area contributed by atoms with Gasteiger partial charge in [-0.05, 0) is 12.2 Å². The molecule has 0 saturated carbocycles. The van der Waals surface area contributed by atoms with E-state index in [1.807, 2.05) is 0 Å². The highest BCUT2D eigenvalue weighted by atomic mass is 15.1. The van der Waals surface area contributed by atoms with Crippen LogP contribution < -0.4 is 10.6 Å². The van der Waals surface area contributed by atoms with Crippen LogP contribution in [-0.2, 0) is 0 Å². The van der Waals surface area contributed by atoms with Gasteiger partial charge in [-0.3, -0.25) is 0 Å². The van der Waals surface area contributed by atoms with Crippen molar-refractivity contribution >= 4 is 0 Å². The molecule has 1 aliphatic rings. The second-order valence-corrected chi connectivity index (χ2v) is 2.47. The van der Waals surface area contributed by atoms with Crippen LogP contribution in [0.1, 0.15) is 20.3 Å². The van der Waals surface area contributed by atoms with Crippen molar-refractivity contribution < 1.29 is 0 Å². The zero-order chi connectivity index (χ0) is 9.40. The average Bonchev–Trinajstić information content (AvgIpc) is 2.52. The molecule has 0 radical (unpaired) electrons. The largest absolute Gasteiger partial charge is 0.366 e. The van der Waals surface area contributed by atoms with E-state index in [1.165, 1.54) is 6.42 Å². The van der Waals surface area contributed by atoms with Crippen LogP contribution in [0.5, 0.6) is 0 Å². The molecule has 0 aromatic rings. The van der Waals surface area contributed by atoms with Crippen molar-refractivity contribution in [1.82, 2.24) is 10.6 Å². The number of hydrogen-bond acceptors (Lipinski definition) is 2. The van der Waals surface area contributed by atoms with E-state index in [2.05, 4.69) is 37.6 Å². The van der Waals surface area contributed by atoms with E-state index in [0.29, 0.717) is 0 Å². The van der Waals surface area contributed by atoms with Gasteiger partial charge in [0.05, 0.1) is 18.1 Å². The molecule has 12 heavy (non-hydrogen) atoms. The third-order valence-electron chi connectivity index (χ3n) is 1.26. The van der Waals surface area contributed by atoms with Crippen molar-refractivity contribution in [3.63, 3.8) is 0 Å². The summed E-state index contributed by atoms with van der Waals surface area (Å²) in [7, 11) is 0. The van der Waals surface area contributed by atoms with Crippen LogP contribution in [0.25, 0.3) is 0 Å². The van der Waals surface area contributed by atoms with Crippen LogP contribution in [0.15, 0.2) is 36.7 Å². The van der Waals surface area contributed by atoms with Crippen molar-refractivity contribution in [3.05, 3.63) is 36.7 Å². The first-order valence-corrected chi connectivity index (χ1v) is 4.27. The predicted octanol–water partition coefficient (Wildman–Crippen LogP) is 2.14. The van der Waals surface area contributed by atoms with E-state index in [0.717, 1.165) is 18.1 Å². The van der Waals surface area contributed by atoms with Crippen LogP contribution in [0.2, 0.25) is 0 Å². The van der Waals surface area contributed by atoms with Gasteiger partial charge >= 0.3 is 0 Å². The van der Waals surface area contributed by atoms with Crippen LogP contribution in [0.3, 0.4) is 0 Å². The Morgan fingerprint density at radius 1 is 1.17 bits per heavy atom. The minimum absolute atomic E-state index is 0.780. The molecule has 2 N–H and O–H groups in total. The molecule has 0 aromatic heterocycles. The normalized spacial score (nSPS) is 13.8. The number of allylic oxidation sites excluding steroid dienone is 2. The van der Waals surface area contributed by atoms with E-state index in [9.17, 15) is 0 Å². The van der Waals surface area contributed by atoms with Crippen LogP contribution in [0, 0.1) is 0 Å². The molecular formula is C10H18N2. The lowest BCUT2D eigenvalue weighted by molar-refractivity contribution is 0.812. The van der Waals surface area contributed by atoms with Gasteiger partial charge in [0.2, 0.25) is 0 Å². The van der Waals surface area contributed by atoms with Crippen molar-refractivity contribution in [2.75, 3.05) is 6.67 Å². The molecule has 0 aromatic carbocycles. The number of nitrogens with one attached hydrogen (secondary N) is 2. The fourth-order valence-corrected chi connectivity index (χ4v) is 0.789. The lowest BCUT2D eigenvalue weighted by atomic mass is 10.3. The molecule has 2 nitrogen and oxygen atoms in total. The second-order valence-electron chi connectivity index (χ2n) is 2.47. The summed E-state index contributed by atoms with van der Waals surface area (Å²) in [4.78, 5) is 0. The molecule has 1 aliphatic heterocycles. The van der Waals surface area contributed by atoms with Gasteiger partial charge in [0.25, 0.3) is 0 Å². The molecule has 0 unspecified atom stereocenters. The Hall–Kier alpha value is -1.18. The maximum Gasteiger partial charge on any atom is 0.0850 e. The Kier molecular flexibility index (Phi) is 5.88. The summed E-state index contributed by atoms with van der Waals surface area (Å²) in [6.45, 7) is 12.3. The summed E-state index contributed by atoms with van der Waals surface area (Å²) < 4.78 is 0. The summed E-state index contributed by atoms with van der Waals surface area (Å²) in [5, 5.41) is 6.17. The van der Waals surface area contributed by atoms with Gasteiger partial charge in [0.1, 0.15) is 0 Å². The minimum atomic E-state index is 0.780. The molecule has 1 rings (SSSR count). The quantitative estimate of drug-likeness (QED) is 0.656. The summed E-state index contributed by atoms with van der Waals surface area (Å²) in [6.07, 6.45) is 4.80. The van der Waals surface area contributed by atoms with Crippen molar-refractivity contribution in [3.8, 4) is 0 Å². The van der Waals surface area contributed by atoms with Gasteiger partial charge in [-0.15, -0.1) is 0 Å². The number of hydrogen-bond donors (Lipinski definition) is 2. The summed E-state index contributed by atoms with van der Waals surface area (Å²) >= 11 is 0. The minimum Gasteiger partial charge on any atom is -0.366 e. The highest BCUT2D eigenvalue weighted by Gasteiger charge is 2.04. The Balaban J connectivity index is 0.000000354. The molecule has 0 saturated heterocycles. The Morgan fingerprint density at radius 3 is 1.75 bits per heavy atom. The first-order chi connectivity index (χ1) is 5.79. The summed E-state index contributed by atoms with van der Waals surface area (Å²) in [5.74, 6) is 0. The highest BCUT2D eigenvalue weighted by molar-refractivity contribution is 5.31. The fraction of sp³-hybridized carbons (Fsp3) is 0.400. The third kappa shape index (κ3) is 3.28. The molecule has 1 heterocycles. The molecule has 0 spiro atoms. The molecular weight excluding hydrogens is 148 g/mol. The van der Waals surface area contributed by atoms with E-state index in [1.54, 1.807) is 12.2 Å². The topological polar surface area (TPSA) is 24.1 Å². The van der Waals surface area contributed by atoms with Crippen molar-refractivity contribution in [1.29, 1.82) is 0 Å². The number of rotatable bonds is 2. The van der Waals surface area contributed by atoms with Gasteiger partial charge in [-0.2, -0.15) is 0 Å². The maximum absolute atomic E-state index is 3.63. The van der Waals surface area contributed by atoms with Gasteiger partial charge < -0.3 is 10.6 Å². The van der Waals surface area contributed by atoms with E-state index < -0.39 is 0 Å². The Bertz CT molecular complexity index is 162. The predicted molar refractivity (Wildman–Crippen MR) is 54.5 cm³/mol. The van der Waals surface area contributed by atoms with Crippen LogP contribution in [-0.4, -0.2) is 6.67 Å². The molecule has 0 aliphatic carbocycles. The van der Waals surface area contributed by atoms with Crippen molar-refractivity contribution in [2.24, 2.45) is 0 Å². The molecule has 2 heteroatoms. The van der Waals surface area contributed by atoms with E-state index in [4.69, 9.17) is 0 Å². The first kappa shape index (κ1) is 10.8. The lowest BCUT2D eigenvalue weighted by Gasteiger charge is -1.92. The van der Waals surface area contributed by atoms with Crippen molar-refractivity contribution in [2.45, 2.75) is 20.3 Å². The van der Waals surface area contributed by atoms with Gasteiger partial charge in [-0.25, -0.2) is 0 Å². The van der Waals surface area contributed by atoms with Gasteiger partial charge in [0.15, 0.2) is 0 Å². The zero-order valence-electron chi connectivity index (χ0n) is 7.98. The molecule has 0 atom stereocenters. The zero-order valence-corrected chi connectivity index (χ0v) is 7.98. The Labute approximate surface area is 75.1 Å². The molecule has 0 amide bonds.